The summed E-state index contributed by atoms with van der Waals surface area (Å²) in [6.07, 6.45) is 1.70. The van der Waals surface area contributed by atoms with Crippen molar-refractivity contribution in [2.75, 3.05) is 12.4 Å². The summed E-state index contributed by atoms with van der Waals surface area (Å²) >= 11 is 7.41. The molecule has 2 aromatic carbocycles. The van der Waals surface area contributed by atoms with E-state index in [1.54, 1.807) is 49.5 Å². The van der Waals surface area contributed by atoms with Gasteiger partial charge in [-0.05, 0) is 35.9 Å². The number of para-hydroxylation sites is 1. The van der Waals surface area contributed by atoms with Gasteiger partial charge in [-0.2, -0.15) is 0 Å². The summed E-state index contributed by atoms with van der Waals surface area (Å²) in [5.74, 6) is -0.501. The van der Waals surface area contributed by atoms with Crippen LogP contribution in [0.15, 0.2) is 54.6 Å². The zero-order valence-electron chi connectivity index (χ0n) is 14.3. The van der Waals surface area contributed by atoms with Crippen molar-refractivity contribution in [1.82, 2.24) is 15.5 Å². The van der Waals surface area contributed by atoms with Gasteiger partial charge in [-0.3, -0.25) is 9.59 Å². The fraction of sp³-hybridized carbons (Fsp3) is 0.0526. The largest absolute Gasteiger partial charge is 0.355 e. The predicted molar refractivity (Wildman–Crippen MR) is 108 cm³/mol. The molecule has 0 spiro atoms. The smallest absolute Gasteiger partial charge is 0.286 e. The minimum absolute atomic E-state index is 0.158. The molecule has 0 atom stereocenters. The van der Waals surface area contributed by atoms with Crippen LogP contribution in [0.2, 0.25) is 0 Å². The third kappa shape index (κ3) is 4.78. The van der Waals surface area contributed by atoms with Crippen LogP contribution in [0.4, 0.5) is 5.69 Å². The Hall–Kier alpha value is -3.03. The second-order valence-electron chi connectivity index (χ2n) is 5.43. The molecular formula is C19H15ClN4O2S. The number of carbonyl (C=O) groups excluding carboxylic acids is 2. The zero-order valence-corrected chi connectivity index (χ0v) is 15.8. The first kappa shape index (κ1) is 18.8. The number of hydrogen-bond acceptors (Lipinski definition) is 5. The molecule has 0 saturated carbocycles. The first-order chi connectivity index (χ1) is 13.1. The third-order valence-electron chi connectivity index (χ3n) is 3.55. The van der Waals surface area contributed by atoms with E-state index in [0.717, 1.165) is 16.9 Å². The Bertz CT molecular complexity index is 984. The van der Waals surface area contributed by atoms with Crippen molar-refractivity contribution >= 4 is 51.5 Å². The Morgan fingerprint density at radius 2 is 1.63 bits per heavy atom. The summed E-state index contributed by atoms with van der Waals surface area (Å²) < 4.78 is 0. The molecule has 2 amide bonds. The second kappa shape index (κ2) is 8.57. The quantitative estimate of drug-likeness (QED) is 0.683. The topological polar surface area (TPSA) is 84.0 Å². The highest BCUT2D eigenvalue weighted by Crippen LogP contribution is 2.26. The van der Waals surface area contributed by atoms with Crippen LogP contribution >= 0.6 is 22.9 Å². The number of aromatic nitrogens is 2. The maximum atomic E-state index is 12.2. The van der Waals surface area contributed by atoms with Gasteiger partial charge in [0, 0.05) is 18.3 Å². The van der Waals surface area contributed by atoms with E-state index >= 15 is 0 Å². The molecule has 6 nitrogen and oxygen atoms in total. The van der Waals surface area contributed by atoms with E-state index in [-0.39, 0.29) is 16.8 Å². The van der Waals surface area contributed by atoms with Crippen LogP contribution in [0.25, 0.3) is 11.1 Å². The van der Waals surface area contributed by atoms with Gasteiger partial charge in [-0.1, -0.05) is 53.3 Å². The lowest BCUT2D eigenvalue weighted by atomic mass is 10.1. The fourth-order valence-electron chi connectivity index (χ4n) is 2.20. The van der Waals surface area contributed by atoms with Gasteiger partial charge < -0.3 is 10.6 Å². The van der Waals surface area contributed by atoms with Crippen molar-refractivity contribution in [2.24, 2.45) is 0 Å². The minimum atomic E-state index is -0.343. The summed E-state index contributed by atoms with van der Waals surface area (Å²) in [7, 11) is 1.58. The molecule has 136 valence electrons. The lowest BCUT2D eigenvalue weighted by Crippen LogP contribution is -2.17. The Balaban J connectivity index is 1.72. The molecule has 1 aromatic heterocycles. The molecule has 3 rings (SSSR count). The van der Waals surface area contributed by atoms with Crippen molar-refractivity contribution in [3.8, 4) is 0 Å². The molecule has 27 heavy (non-hydrogen) atoms. The first-order valence-electron chi connectivity index (χ1n) is 7.96. The zero-order chi connectivity index (χ0) is 19.2. The highest BCUT2D eigenvalue weighted by Gasteiger charge is 2.14. The molecule has 0 aliphatic heterocycles. The second-order valence-corrected chi connectivity index (χ2v) is 6.81. The van der Waals surface area contributed by atoms with Crippen molar-refractivity contribution in [3.05, 3.63) is 75.7 Å². The molecule has 1 heterocycles. The van der Waals surface area contributed by atoms with Crippen LogP contribution in [-0.4, -0.2) is 29.1 Å². The number of nitrogens with zero attached hydrogens (tertiary/aromatic N) is 2. The number of amides is 2. The van der Waals surface area contributed by atoms with Crippen LogP contribution in [0.1, 0.15) is 30.7 Å². The van der Waals surface area contributed by atoms with Crippen LogP contribution in [-0.2, 0) is 0 Å². The summed E-state index contributed by atoms with van der Waals surface area (Å²) in [4.78, 5) is 23.8. The molecule has 0 fully saturated rings. The normalized spacial score (nSPS) is 11.1. The highest BCUT2D eigenvalue weighted by atomic mass is 35.5. The van der Waals surface area contributed by atoms with E-state index in [1.807, 2.05) is 18.2 Å². The average Bonchev–Trinajstić information content (AvgIpc) is 3.19. The predicted octanol–water partition coefficient (Wildman–Crippen LogP) is 3.89. The Kier molecular flexibility index (Phi) is 5.95. The van der Waals surface area contributed by atoms with Crippen LogP contribution in [0, 0.1) is 0 Å². The van der Waals surface area contributed by atoms with Gasteiger partial charge in [0.1, 0.15) is 0 Å². The number of nitrogens with one attached hydrogen (secondary N) is 2. The van der Waals surface area contributed by atoms with Gasteiger partial charge in [0.2, 0.25) is 5.01 Å². The van der Waals surface area contributed by atoms with Crippen molar-refractivity contribution in [2.45, 2.75) is 0 Å². The monoisotopic (exact) mass is 398 g/mol. The number of carbonyl (C=O) groups is 2. The summed E-state index contributed by atoms with van der Waals surface area (Å²) in [6, 6.07) is 16.1. The van der Waals surface area contributed by atoms with E-state index in [9.17, 15) is 9.59 Å². The molecule has 0 radical (unpaired) electrons. The Labute approximate surface area is 164 Å². The molecule has 2 N–H and O–H groups in total. The van der Waals surface area contributed by atoms with Crippen LogP contribution in [0.5, 0.6) is 0 Å². The summed E-state index contributed by atoms with van der Waals surface area (Å²) in [5.41, 5.74) is 2.04. The maximum Gasteiger partial charge on any atom is 0.286 e. The minimum Gasteiger partial charge on any atom is -0.355 e. The molecular weight excluding hydrogens is 384 g/mol. The standard InChI is InChI=1S/C19H15ClN4O2S/c1-21-16(25)13-9-7-12(8-10-13)11-15(20)18-23-24-19(27-18)17(26)22-14-5-3-2-4-6-14/h2-11H,1H3,(H,21,25)(H,22,26)/b15-11-. The summed E-state index contributed by atoms with van der Waals surface area (Å²) in [6.45, 7) is 0. The Morgan fingerprint density at radius 1 is 0.963 bits per heavy atom. The molecule has 0 aliphatic rings. The van der Waals surface area contributed by atoms with Gasteiger partial charge >= 0.3 is 0 Å². The van der Waals surface area contributed by atoms with Gasteiger partial charge in [0.05, 0.1) is 5.03 Å². The molecule has 0 bridgehead atoms. The molecule has 8 heteroatoms. The van der Waals surface area contributed by atoms with E-state index in [4.69, 9.17) is 11.6 Å². The number of benzene rings is 2. The SMILES string of the molecule is CNC(=O)c1ccc(/C=C(\Cl)c2nnc(C(=O)Nc3ccccc3)s2)cc1. The molecule has 0 saturated heterocycles. The third-order valence-corrected chi connectivity index (χ3v) is 4.90. The van der Waals surface area contributed by atoms with E-state index < -0.39 is 0 Å². The lowest BCUT2D eigenvalue weighted by Gasteiger charge is -2.01. The lowest BCUT2D eigenvalue weighted by molar-refractivity contribution is 0.0962. The van der Waals surface area contributed by atoms with E-state index in [0.29, 0.717) is 21.3 Å². The van der Waals surface area contributed by atoms with Gasteiger partial charge in [0.15, 0.2) is 5.01 Å². The summed E-state index contributed by atoms with van der Waals surface area (Å²) in [5, 5.41) is 14.2. The van der Waals surface area contributed by atoms with Gasteiger partial charge in [0.25, 0.3) is 11.8 Å². The number of halogens is 1. The number of anilines is 1. The molecule has 3 aromatic rings. The van der Waals surface area contributed by atoms with Crippen molar-refractivity contribution < 1.29 is 9.59 Å². The first-order valence-corrected chi connectivity index (χ1v) is 9.16. The van der Waals surface area contributed by atoms with E-state index in [2.05, 4.69) is 20.8 Å². The average molecular weight is 399 g/mol. The van der Waals surface area contributed by atoms with Gasteiger partial charge in [-0.15, -0.1) is 10.2 Å². The number of rotatable bonds is 5. The van der Waals surface area contributed by atoms with E-state index in [1.165, 1.54) is 0 Å². The molecule has 0 aliphatic carbocycles. The van der Waals surface area contributed by atoms with Crippen LogP contribution < -0.4 is 10.6 Å². The maximum absolute atomic E-state index is 12.2. The number of hydrogen-bond donors (Lipinski definition) is 2. The Morgan fingerprint density at radius 3 is 2.30 bits per heavy atom. The van der Waals surface area contributed by atoms with Gasteiger partial charge in [-0.25, -0.2) is 0 Å². The fourth-order valence-corrected chi connectivity index (χ4v) is 3.13. The van der Waals surface area contributed by atoms with Crippen molar-refractivity contribution in [3.63, 3.8) is 0 Å². The van der Waals surface area contributed by atoms with Crippen LogP contribution in [0.3, 0.4) is 0 Å². The molecule has 0 unspecified atom stereocenters. The van der Waals surface area contributed by atoms with Crippen molar-refractivity contribution in [1.29, 1.82) is 0 Å². The highest BCUT2D eigenvalue weighted by molar-refractivity contribution is 7.15.